The fraction of sp³-hybridized carbons (Fsp3) is 0.321. The zero-order valence-corrected chi connectivity index (χ0v) is 20.8. The van der Waals surface area contributed by atoms with Gasteiger partial charge in [-0.15, -0.1) is 0 Å². The first kappa shape index (κ1) is 25.3. The fourth-order valence-corrected chi connectivity index (χ4v) is 4.75. The quantitative estimate of drug-likeness (QED) is 0.248. The molecule has 0 aliphatic carbocycles. The van der Waals surface area contributed by atoms with Crippen LogP contribution in [0.2, 0.25) is 0 Å². The minimum absolute atomic E-state index is 0.0786. The summed E-state index contributed by atoms with van der Waals surface area (Å²) in [6.07, 6.45) is 3.71. The van der Waals surface area contributed by atoms with E-state index >= 15 is 0 Å². The summed E-state index contributed by atoms with van der Waals surface area (Å²) in [6.45, 7) is 2.48. The molecule has 10 nitrogen and oxygen atoms in total. The smallest absolute Gasteiger partial charge is 0.354 e. The number of para-hydroxylation sites is 1. The minimum Gasteiger partial charge on any atom is -0.477 e. The van der Waals surface area contributed by atoms with E-state index in [1.54, 1.807) is 11.5 Å². The summed E-state index contributed by atoms with van der Waals surface area (Å²) in [6, 6.07) is 17.0. The first-order valence-corrected chi connectivity index (χ1v) is 12.6. The lowest BCUT2D eigenvalue weighted by molar-refractivity contribution is -0.483. The molecule has 5 rings (SSSR count). The molecule has 1 aromatic carbocycles. The van der Waals surface area contributed by atoms with Crippen molar-refractivity contribution in [2.75, 3.05) is 31.2 Å². The molecule has 1 unspecified atom stereocenters. The number of nitrogens with zero attached hydrogens (tertiary/aromatic N) is 4. The number of hydrogen-bond acceptors (Lipinski definition) is 8. The zero-order valence-electron chi connectivity index (χ0n) is 20.8. The van der Waals surface area contributed by atoms with Crippen molar-refractivity contribution in [3.8, 4) is 17.2 Å². The average molecular weight is 514 g/mol. The fourth-order valence-electron chi connectivity index (χ4n) is 4.75. The number of carbonyl (C=O) groups is 1. The maximum absolute atomic E-state index is 12.0. The van der Waals surface area contributed by atoms with Crippen LogP contribution >= 0.6 is 0 Å². The highest BCUT2D eigenvalue weighted by atomic mass is 16.5. The van der Waals surface area contributed by atoms with Gasteiger partial charge in [0.05, 0.1) is 19.3 Å². The molecule has 2 aliphatic rings. The van der Waals surface area contributed by atoms with Crippen molar-refractivity contribution in [2.24, 2.45) is 5.92 Å². The lowest BCUT2D eigenvalue weighted by Gasteiger charge is -2.30. The number of ether oxygens (including phenoxy) is 2. The number of aromatic nitrogens is 2. The second kappa shape index (κ2) is 11.4. The molecular formula is C28H29N6O4+. The number of benzene rings is 1. The first-order chi connectivity index (χ1) is 18.5. The van der Waals surface area contributed by atoms with E-state index in [2.05, 4.69) is 20.9 Å². The van der Waals surface area contributed by atoms with Gasteiger partial charge in [-0.1, -0.05) is 18.2 Å². The van der Waals surface area contributed by atoms with Crippen LogP contribution in [0.25, 0.3) is 11.1 Å². The molecule has 4 N–H and O–H groups in total. The molecule has 2 aromatic heterocycles. The van der Waals surface area contributed by atoms with E-state index < -0.39 is 5.97 Å². The lowest BCUT2D eigenvalue weighted by atomic mass is 9.98. The molecule has 194 valence electrons. The Kier molecular flexibility index (Phi) is 7.58. The molecule has 10 heteroatoms. The molecule has 1 atom stereocenters. The van der Waals surface area contributed by atoms with Gasteiger partial charge in [0.2, 0.25) is 11.7 Å². The molecule has 0 bridgehead atoms. The number of pyridine rings is 2. The Labute approximate surface area is 220 Å². The van der Waals surface area contributed by atoms with Gasteiger partial charge in [0, 0.05) is 42.8 Å². The Morgan fingerprint density at radius 3 is 2.61 bits per heavy atom. The van der Waals surface area contributed by atoms with Crippen LogP contribution in [0.3, 0.4) is 0 Å². The van der Waals surface area contributed by atoms with Gasteiger partial charge in [-0.05, 0) is 43.2 Å². The summed E-state index contributed by atoms with van der Waals surface area (Å²) < 4.78 is 11.4. The molecule has 0 radical (unpaired) electrons. The normalized spacial score (nSPS) is 17.7. The first-order valence-electron chi connectivity index (χ1n) is 12.6. The molecule has 4 heterocycles. The van der Waals surface area contributed by atoms with Gasteiger partial charge in [-0.3, -0.25) is 10.7 Å². The Morgan fingerprint density at radius 1 is 1.18 bits per heavy atom. The van der Waals surface area contributed by atoms with E-state index in [0.717, 1.165) is 37.4 Å². The summed E-state index contributed by atoms with van der Waals surface area (Å²) in [4.78, 5) is 23.2. The number of anilines is 1. The van der Waals surface area contributed by atoms with Crippen molar-refractivity contribution in [1.29, 1.82) is 10.7 Å². The Hall–Kier alpha value is -4.33. The number of carboxylic acid groups (broad SMARTS) is 1. The monoisotopic (exact) mass is 513 g/mol. The van der Waals surface area contributed by atoms with Gasteiger partial charge in [0.1, 0.15) is 23.2 Å². The molecule has 0 spiro atoms. The minimum atomic E-state index is -1.16. The third kappa shape index (κ3) is 5.64. The van der Waals surface area contributed by atoms with Gasteiger partial charge in [0.25, 0.3) is 0 Å². The summed E-state index contributed by atoms with van der Waals surface area (Å²) in [5, 5.41) is 29.6. The molecule has 2 aliphatic heterocycles. The number of nitrogens with two attached hydrogens (primary N) is 1. The van der Waals surface area contributed by atoms with Crippen molar-refractivity contribution in [2.45, 2.75) is 25.4 Å². The van der Waals surface area contributed by atoms with Gasteiger partial charge < -0.3 is 19.5 Å². The second-order valence-corrected chi connectivity index (χ2v) is 9.40. The number of nitriles is 1. The van der Waals surface area contributed by atoms with Crippen LogP contribution in [-0.2, 0) is 9.47 Å². The standard InChI is InChI=1S/C28H28N6O4/c29-15-18-8-11-34(12-9-18)24-7-6-19(16-31-24)22-14-23(28(35)36)33-27(32-20-4-2-1-3-5-20)25(22)26(30)38-21-10-13-37-17-21/h1-7,14,16,18,21,30H,8-13,17H2,(H,32,33)(H,35,36)/p+1. The lowest BCUT2D eigenvalue weighted by Crippen LogP contribution is -2.72. The van der Waals surface area contributed by atoms with E-state index in [9.17, 15) is 15.2 Å². The predicted octanol–water partition coefficient (Wildman–Crippen LogP) is 3.24. The van der Waals surface area contributed by atoms with Crippen LogP contribution in [0, 0.1) is 22.7 Å². The highest BCUT2D eigenvalue weighted by Gasteiger charge is 2.28. The van der Waals surface area contributed by atoms with Crippen molar-refractivity contribution in [1.82, 2.24) is 9.97 Å². The van der Waals surface area contributed by atoms with Crippen LogP contribution < -0.4 is 10.2 Å². The van der Waals surface area contributed by atoms with E-state index in [0.29, 0.717) is 42.1 Å². The molecular weight excluding hydrogens is 484 g/mol. The van der Waals surface area contributed by atoms with Crippen molar-refractivity contribution in [3.05, 3.63) is 66.0 Å². The van der Waals surface area contributed by atoms with Gasteiger partial charge >= 0.3 is 5.97 Å². The largest absolute Gasteiger partial charge is 0.477 e. The van der Waals surface area contributed by atoms with E-state index in [1.807, 2.05) is 42.5 Å². The highest BCUT2D eigenvalue weighted by Crippen LogP contribution is 2.31. The van der Waals surface area contributed by atoms with E-state index in [-0.39, 0.29) is 23.6 Å². The number of quaternary nitrogens is 1. The number of hydrogen-bond donors (Lipinski definition) is 3. The topological polar surface area (TPSA) is 149 Å². The van der Waals surface area contributed by atoms with Crippen LogP contribution in [0.1, 0.15) is 35.3 Å². The number of piperidine rings is 1. The van der Waals surface area contributed by atoms with Crippen LogP contribution in [0.4, 0.5) is 17.3 Å². The number of nitrogens with one attached hydrogen (secondary N) is 1. The third-order valence-electron chi connectivity index (χ3n) is 6.83. The summed E-state index contributed by atoms with van der Waals surface area (Å²) in [5.74, 6) is -0.0517. The summed E-state index contributed by atoms with van der Waals surface area (Å²) in [7, 11) is 0. The van der Waals surface area contributed by atoms with E-state index in [4.69, 9.17) is 14.9 Å². The number of carboxylic acids is 1. The molecule has 2 fully saturated rings. The summed E-state index contributed by atoms with van der Waals surface area (Å²) in [5.41, 5.74) is 2.24. The van der Waals surface area contributed by atoms with Crippen molar-refractivity contribution in [3.63, 3.8) is 0 Å². The molecule has 2 saturated heterocycles. The molecule has 3 aromatic rings. The maximum atomic E-state index is 12.0. The average Bonchev–Trinajstić information content (AvgIpc) is 3.46. The molecule has 0 amide bonds. The molecule has 0 saturated carbocycles. The number of aromatic carboxylic acids is 1. The zero-order chi connectivity index (χ0) is 26.5. The SMILES string of the molecule is N#CC1CCN(c2ccc(-c3cc(C(=O)O)nc([NH2+]c4ccccc4)c3C(=N)OC3CCOC3)cn2)CC1. The number of rotatable bonds is 7. The third-order valence-corrected chi connectivity index (χ3v) is 6.83. The summed E-state index contributed by atoms with van der Waals surface area (Å²) >= 11 is 0. The Bertz CT molecular complexity index is 1340. The second-order valence-electron chi connectivity index (χ2n) is 9.40. The van der Waals surface area contributed by atoms with E-state index in [1.165, 1.54) is 6.07 Å². The van der Waals surface area contributed by atoms with Gasteiger partial charge in [-0.25, -0.2) is 9.78 Å². The maximum Gasteiger partial charge on any atom is 0.354 e. The molecule has 38 heavy (non-hydrogen) atoms. The van der Waals surface area contributed by atoms with Gasteiger partial charge in [-0.2, -0.15) is 10.2 Å². The van der Waals surface area contributed by atoms with Crippen LogP contribution in [0.15, 0.2) is 54.7 Å². The highest BCUT2D eigenvalue weighted by molar-refractivity contribution is 6.03. The van der Waals surface area contributed by atoms with Crippen molar-refractivity contribution >= 4 is 29.2 Å². The van der Waals surface area contributed by atoms with Crippen LogP contribution in [0.5, 0.6) is 0 Å². The Balaban J connectivity index is 1.54. The van der Waals surface area contributed by atoms with Crippen molar-refractivity contribution < 1.29 is 24.7 Å². The van der Waals surface area contributed by atoms with Gasteiger partial charge in [0.15, 0.2) is 5.69 Å². The Morgan fingerprint density at radius 2 is 1.97 bits per heavy atom. The van der Waals surface area contributed by atoms with Crippen LogP contribution in [-0.4, -0.2) is 59.3 Å². The predicted molar refractivity (Wildman–Crippen MR) is 140 cm³/mol.